The number of halogens is 2. The van der Waals surface area contributed by atoms with Crippen molar-refractivity contribution >= 4 is 28.9 Å². The summed E-state index contributed by atoms with van der Waals surface area (Å²) in [7, 11) is 0. The lowest BCUT2D eigenvalue weighted by molar-refractivity contribution is -0.614. The number of primary amides is 1. The van der Waals surface area contributed by atoms with Crippen molar-refractivity contribution in [1.29, 1.82) is 0 Å². The maximum absolute atomic E-state index is 13.8. The van der Waals surface area contributed by atoms with Gasteiger partial charge in [-0.15, -0.1) is 0 Å². The van der Waals surface area contributed by atoms with Crippen molar-refractivity contribution < 1.29 is 13.9 Å². The number of hydrogen-bond donors (Lipinski definition) is 1. The number of carbonyl (C=O) groups is 1. The maximum Gasteiger partial charge on any atom is 0.249 e. The van der Waals surface area contributed by atoms with Gasteiger partial charge < -0.3 is 10.9 Å². The fourth-order valence-corrected chi connectivity index (χ4v) is 4.69. The molecule has 0 spiro atoms. The van der Waals surface area contributed by atoms with Crippen LogP contribution in [0.4, 0.5) is 10.1 Å². The van der Waals surface area contributed by atoms with E-state index in [0.29, 0.717) is 40.4 Å². The summed E-state index contributed by atoms with van der Waals surface area (Å²) < 4.78 is 14.6. The molecule has 0 saturated carbocycles. The van der Waals surface area contributed by atoms with Crippen molar-refractivity contribution in [3.63, 3.8) is 0 Å². The van der Waals surface area contributed by atoms with Crippen molar-refractivity contribution in [3.05, 3.63) is 123 Å². The van der Waals surface area contributed by atoms with Crippen LogP contribution in [0, 0.1) is 11.0 Å². The lowest BCUT2D eigenvalue weighted by Crippen LogP contribution is -2.36. The Morgan fingerprint density at radius 1 is 1.09 bits per heavy atom. The molecule has 5 nitrogen and oxygen atoms in total. The lowest BCUT2D eigenvalue weighted by atomic mass is 9.88. The second-order valence-electron chi connectivity index (χ2n) is 8.52. The number of fused-ring (bicyclic) bond motifs is 1. The molecule has 7 heteroatoms. The summed E-state index contributed by atoms with van der Waals surface area (Å²) in [6.45, 7) is 0. The Hall–Kier alpha value is -4.03. The van der Waals surface area contributed by atoms with Crippen LogP contribution in [0.25, 0.3) is 11.1 Å². The van der Waals surface area contributed by atoms with Crippen LogP contribution in [0.2, 0.25) is 5.02 Å². The SMILES string of the molecule is NC(=O)c1ccc(Cl)cc1-c1ccc([C@@H](Cc2ccccc2)C2=Nc3cc(F)ccc3C2)[n+]([O-])c1. The summed E-state index contributed by atoms with van der Waals surface area (Å²) >= 11 is 6.15. The standard InChI is InChI=1S/C28H21ClFN3O2/c29-20-8-10-22(28(31)34)23(14-20)19-7-11-27(33(35)16-19)24(12-17-4-2-1-3-5-17)26-13-18-6-9-21(30)15-25(18)32-26/h1-11,14-16,24H,12-13H2,(H2,31,34)/t24-/m0/s1. The molecule has 0 radical (unpaired) electrons. The van der Waals surface area contributed by atoms with Gasteiger partial charge in [-0.25, -0.2) is 4.39 Å². The lowest BCUT2D eigenvalue weighted by Gasteiger charge is -2.18. The molecule has 1 aliphatic rings. The van der Waals surface area contributed by atoms with Crippen LogP contribution < -0.4 is 10.5 Å². The summed E-state index contributed by atoms with van der Waals surface area (Å²) in [6, 6.07) is 22.7. The predicted molar refractivity (Wildman–Crippen MR) is 134 cm³/mol. The zero-order valence-electron chi connectivity index (χ0n) is 18.6. The molecule has 4 aromatic rings. The maximum atomic E-state index is 13.8. The average Bonchev–Trinajstić information content (AvgIpc) is 3.26. The smallest absolute Gasteiger partial charge is 0.249 e. The minimum Gasteiger partial charge on any atom is -0.618 e. The van der Waals surface area contributed by atoms with Gasteiger partial charge in [-0.1, -0.05) is 48.0 Å². The fraction of sp³-hybridized carbons (Fsp3) is 0.107. The molecule has 1 atom stereocenters. The van der Waals surface area contributed by atoms with Crippen molar-refractivity contribution in [1.82, 2.24) is 0 Å². The first-order valence-corrected chi connectivity index (χ1v) is 11.5. The molecular formula is C28H21ClFN3O2. The summed E-state index contributed by atoms with van der Waals surface area (Å²) in [5.41, 5.74) is 10.7. The van der Waals surface area contributed by atoms with Gasteiger partial charge in [0.25, 0.3) is 0 Å². The van der Waals surface area contributed by atoms with Gasteiger partial charge in [-0.3, -0.25) is 9.79 Å². The third-order valence-corrected chi connectivity index (χ3v) is 6.46. The monoisotopic (exact) mass is 485 g/mol. The minimum atomic E-state index is -0.606. The number of nitrogens with two attached hydrogens (primary N) is 1. The summed E-state index contributed by atoms with van der Waals surface area (Å²) in [4.78, 5) is 16.6. The Morgan fingerprint density at radius 2 is 1.89 bits per heavy atom. The van der Waals surface area contributed by atoms with Gasteiger partial charge in [0, 0.05) is 39.9 Å². The van der Waals surface area contributed by atoms with E-state index in [-0.39, 0.29) is 17.3 Å². The van der Waals surface area contributed by atoms with Crippen LogP contribution in [0.15, 0.2) is 90.1 Å². The van der Waals surface area contributed by atoms with Crippen LogP contribution in [0.5, 0.6) is 0 Å². The summed E-state index contributed by atoms with van der Waals surface area (Å²) in [5.74, 6) is -1.27. The van der Waals surface area contributed by atoms with Crippen LogP contribution in [0.3, 0.4) is 0 Å². The molecule has 174 valence electrons. The Kier molecular flexibility index (Phi) is 6.05. The highest BCUT2D eigenvalue weighted by atomic mass is 35.5. The summed E-state index contributed by atoms with van der Waals surface area (Å²) in [6.07, 6.45) is 2.52. The molecule has 0 bridgehead atoms. The molecule has 0 saturated heterocycles. The van der Waals surface area contributed by atoms with Gasteiger partial charge in [0.05, 0.1) is 11.6 Å². The second-order valence-corrected chi connectivity index (χ2v) is 8.95. The highest BCUT2D eigenvalue weighted by molar-refractivity contribution is 6.31. The van der Waals surface area contributed by atoms with Gasteiger partial charge in [-0.2, -0.15) is 4.73 Å². The topological polar surface area (TPSA) is 82.4 Å². The highest BCUT2D eigenvalue weighted by Gasteiger charge is 2.30. The normalized spacial score (nSPS) is 13.3. The number of hydrogen-bond acceptors (Lipinski definition) is 3. The van der Waals surface area contributed by atoms with E-state index in [1.807, 2.05) is 30.3 Å². The first-order chi connectivity index (χ1) is 16.9. The average molecular weight is 486 g/mol. The molecule has 5 rings (SSSR count). The second kappa shape index (κ2) is 9.31. The van der Waals surface area contributed by atoms with Crippen molar-refractivity contribution in [2.75, 3.05) is 0 Å². The molecule has 0 aliphatic carbocycles. The van der Waals surface area contributed by atoms with Crippen LogP contribution in [-0.2, 0) is 12.8 Å². The Balaban J connectivity index is 1.57. The van der Waals surface area contributed by atoms with E-state index in [4.69, 9.17) is 22.3 Å². The Labute approximate surface area is 206 Å². The number of rotatable bonds is 6. The van der Waals surface area contributed by atoms with Crippen molar-refractivity contribution in [2.24, 2.45) is 10.7 Å². The molecule has 0 fully saturated rings. The van der Waals surface area contributed by atoms with Crippen LogP contribution in [0.1, 0.15) is 33.1 Å². The van der Waals surface area contributed by atoms with E-state index < -0.39 is 5.91 Å². The number of aromatic nitrogens is 1. The number of aliphatic imine (C=N–C) groups is 1. The summed E-state index contributed by atoms with van der Waals surface area (Å²) in [5, 5.41) is 13.8. The largest absolute Gasteiger partial charge is 0.618 e. The van der Waals surface area contributed by atoms with E-state index in [9.17, 15) is 14.4 Å². The van der Waals surface area contributed by atoms with E-state index in [1.165, 1.54) is 18.3 Å². The minimum absolute atomic E-state index is 0.278. The van der Waals surface area contributed by atoms with E-state index in [1.54, 1.807) is 36.4 Å². The molecule has 1 amide bonds. The first-order valence-electron chi connectivity index (χ1n) is 11.1. The number of pyridine rings is 1. The fourth-order valence-electron chi connectivity index (χ4n) is 4.52. The zero-order valence-corrected chi connectivity index (χ0v) is 19.4. The van der Waals surface area contributed by atoms with Gasteiger partial charge >= 0.3 is 0 Å². The van der Waals surface area contributed by atoms with Gasteiger partial charge in [0.2, 0.25) is 11.6 Å². The quantitative estimate of drug-likeness (QED) is 0.287. The highest BCUT2D eigenvalue weighted by Crippen LogP contribution is 2.34. The molecule has 35 heavy (non-hydrogen) atoms. The van der Waals surface area contributed by atoms with Gasteiger partial charge in [0.15, 0.2) is 6.20 Å². The third-order valence-electron chi connectivity index (χ3n) is 6.23. The Bertz CT molecular complexity index is 1470. The molecule has 1 aliphatic heterocycles. The molecule has 2 N–H and O–H groups in total. The zero-order chi connectivity index (χ0) is 24.5. The number of amides is 1. The predicted octanol–water partition coefficient (Wildman–Crippen LogP) is 5.53. The molecule has 3 aromatic carbocycles. The number of benzene rings is 3. The molecular weight excluding hydrogens is 465 g/mol. The number of nitrogens with zero attached hydrogens (tertiary/aromatic N) is 2. The van der Waals surface area contributed by atoms with Crippen molar-refractivity contribution in [3.8, 4) is 11.1 Å². The molecule has 1 aromatic heterocycles. The third kappa shape index (κ3) is 4.66. The van der Waals surface area contributed by atoms with Crippen LogP contribution in [-0.4, -0.2) is 11.6 Å². The molecule has 0 unspecified atom stereocenters. The van der Waals surface area contributed by atoms with E-state index in [2.05, 4.69) is 0 Å². The van der Waals surface area contributed by atoms with E-state index >= 15 is 0 Å². The van der Waals surface area contributed by atoms with Gasteiger partial charge in [-0.05, 0) is 53.9 Å². The van der Waals surface area contributed by atoms with Crippen molar-refractivity contribution in [2.45, 2.75) is 18.8 Å². The Morgan fingerprint density at radius 3 is 2.63 bits per heavy atom. The molecule has 2 heterocycles. The van der Waals surface area contributed by atoms with E-state index in [0.717, 1.165) is 21.6 Å². The van der Waals surface area contributed by atoms with Crippen LogP contribution >= 0.6 is 11.6 Å². The number of carbonyl (C=O) groups excluding carboxylic acids is 1. The first kappa shape index (κ1) is 22.7. The van der Waals surface area contributed by atoms with Gasteiger partial charge in [0.1, 0.15) is 5.82 Å².